The molecule has 0 fully saturated rings. The van der Waals surface area contributed by atoms with Crippen molar-refractivity contribution in [3.8, 4) is 17.0 Å². The fraction of sp³-hybridized carbons (Fsp3) is 0.500. The van der Waals surface area contributed by atoms with Crippen molar-refractivity contribution in [1.82, 2.24) is 10.2 Å². The van der Waals surface area contributed by atoms with E-state index in [9.17, 15) is 0 Å². The predicted molar refractivity (Wildman–Crippen MR) is 90.9 cm³/mol. The van der Waals surface area contributed by atoms with Crippen LogP contribution < -0.4 is 10.5 Å². The highest BCUT2D eigenvalue weighted by molar-refractivity contribution is 5.64. The van der Waals surface area contributed by atoms with Gasteiger partial charge in [-0.3, -0.25) is 5.10 Å². The molecule has 2 aromatic rings. The molecule has 1 heterocycles. The summed E-state index contributed by atoms with van der Waals surface area (Å²) in [6.45, 7) is 5.51. The van der Waals surface area contributed by atoms with Gasteiger partial charge in [0.2, 0.25) is 0 Å². The number of benzene rings is 1. The van der Waals surface area contributed by atoms with E-state index in [4.69, 9.17) is 10.5 Å². The van der Waals surface area contributed by atoms with Crippen molar-refractivity contribution in [2.75, 3.05) is 6.61 Å². The van der Waals surface area contributed by atoms with E-state index in [0.717, 1.165) is 41.3 Å². The monoisotopic (exact) mass is 301 g/mol. The molecule has 120 valence electrons. The first-order chi connectivity index (χ1) is 10.8. The molecule has 0 aliphatic carbocycles. The first-order valence-electron chi connectivity index (χ1n) is 8.23. The number of ether oxygens (including phenoxy) is 1. The lowest BCUT2D eigenvalue weighted by atomic mass is 10.1. The average Bonchev–Trinajstić information content (AvgIpc) is 2.92. The lowest BCUT2D eigenvalue weighted by Gasteiger charge is -2.07. The highest BCUT2D eigenvalue weighted by Gasteiger charge is 2.10. The number of unbranched alkanes of at least 4 members (excludes halogenated alkanes) is 4. The highest BCUT2D eigenvalue weighted by Crippen LogP contribution is 2.25. The van der Waals surface area contributed by atoms with Crippen LogP contribution in [0.4, 0.5) is 0 Å². The lowest BCUT2D eigenvalue weighted by molar-refractivity contribution is 0.304. The Bertz CT molecular complexity index is 560. The van der Waals surface area contributed by atoms with Gasteiger partial charge in [0.05, 0.1) is 12.3 Å². The number of H-pyrrole nitrogens is 1. The number of aromatic amines is 1. The fourth-order valence-electron chi connectivity index (χ4n) is 2.55. The SMILES string of the molecule is CCCCCCCOc1ccc(-c2n[nH]c(C)c2CN)cc1. The van der Waals surface area contributed by atoms with Gasteiger partial charge in [-0.05, 0) is 37.6 Å². The molecule has 0 amide bonds. The van der Waals surface area contributed by atoms with Crippen molar-refractivity contribution in [1.29, 1.82) is 0 Å². The van der Waals surface area contributed by atoms with Crippen molar-refractivity contribution in [2.24, 2.45) is 5.73 Å². The molecule has 3 N–H and O–H groups in total. The van der Waals surface area contributed by atoms with Gasteiger partial charge in [-0.1, -0.05) is 32.6 Å². The zero-order valence-corrected chi connectivity index (χ0v) is 13.7. The number of nitrogens with zero attached hydrogens (tertiary/aromatic N) is 1. The second kappa shape index (κ2) is 8.59. The summed E-state index contributed by atoms with van der Waals surface area (Å²) in [5.74, 6) is 0.917. The molecule has 22 heavy (non-hydrogen) atoms. The van der Waals surface area contributed by atoms with E-state index in [1.165, 1.54) is 25.7 Å². The summed E-state index contributed by atoms with van der Waals surface area (Å²) in [4.78, 5) is 0. The quantitative estimate of drug-likeness (QED) is 0.682. The minimum atomic E-state index is 0.494. The van der Waals surface area contributed by atoms with E-state index in [1.807, 2.05) is 31.2 Å². The molecule has 4 heteroatoms. The van der Waals surface area contributed by atoms with Gasteiger partial charge in [0.25, 0.3) is 0 Å². The molecule has 0 aliphatic heterocycles. The Kier molecular flexibility index (Phi) is 6.46. The number of nitrogens with one attached hydrogen (secondary N) is 1. The first-order valence-corrected chi connectivity index (χ1v) is 8.23. The molecule has 0 aliphatic rings. The van der Waals surface area contributed by atoms with Crippen LogP contribution in [0.5, 0.6) is 5.75 Å². The third-order valence-electron chi connectivity index (χ3n) is 3.92. The van der Waals surface area contributed by atoms with E-state index < -0.39 is 0 Å². The molecule has 0 radical (unpaired) electrons. The number of aromatic nitrogens is 2. The maximum Gasteiger partial charge on any atom is 0.119 e. The molecular weight excluding hydrogens is 274 g/mol. The molecule has 0 saturated carbocycles. The molecule has 2 rings (SSSR count). The summed E-state index contributed by atoms with van der Waals surface area (Å²) >= 11 is 0. The standard InChI is InChI=1S/C18H27N3O/c1-3-4-5-6-7-12-22-16-10-8-15(9-11-16)18-17(13-19)14(2)20-21-18/h8-11H,3-7,12-13,19H2,1-2H3,(H,20,21). The first kappa shape index (κ1) is 16.6. The van der Waals surface area contributed by atoms with E-state index in [1.54, 1.807) is 0 Å². The summed E-state index contributed by atoms with van der Waals surface area (Å²) in [6.07, 6.45) is 6.27. The van der Waals surface area contributed by atoms with Crippen LogP contribution in [0.25, 0.3) is 11.3 Å². The van der Waals surface area contributed by atoms with Crippen LogP contribution >= 0.6 is 0 Å². The van der Waals surface area contributed by atoms with Gasteiger partial charge in [0, 0.05) is 23.4 Å². The van der Waals surface area contributed by atoms with Crippen molar-refractivity contribution in [3.63, 3.8) is 0 Å². The van der Waals surface area contributed by atoms with Crippen molar-refractivity contribution in [2.45, 2.75) is 52.5 Å². The van der Waals surface area contributed by atoms with Crippen LogP contribution in [0.2, 0.25) is 0 Å². The normalized spacial score (nSPS) is 10.9. The van der Waals surface area contributed by atoms with E-state index in [-0.39, 0.29) is 0 Å². The van der Waals surface area contributed by atoms with E-state index in [0.29, 0.717) is 6.54 Å². The van der Waals surface area contributed by atoms with Crippen LogP contribution in [0.1, 0.15) is 50.3 Å². The molecule has 0 spiro atoms. The van der Waals surface area contributed by atoms with Crippen LogP contribution in [0.3, 0.4) is 0 Å². The van der Waals surface area contributed by atoms with Gasteiger partial charge in [-0.2, -0.15) is 5.10 Å². The second-order valence-corrected chi connectivity index (χ2v) is 5.67. The Morgan fingerprint density at radius 1 is 1.09 bits per heavy atom. The lowest BCUT2D eigenvalue weighted by Crippen LogP contribution is -1.99. The number of nitrogens with two attached hydrogens (primary N) is 1. The van der Waals surface area contributed by atoms with Crippen LogP contribution in [0, 0.1) is 6.92 Å². The number of hydrogen-bond acceptors (Lipinski definition) is 3. The maximum absolute atomic E-state index is 5.79. The molecule has 0 bridgehead atoms. The number of aryl methyl sites for hydroxylation is 1. The summed E-state index contributed by atoms with van der Waals surface area (Å²) in [5.41, 5.74) is 9.91. The van der Waals surface area contributed by atoms with E-state index in [2.05, 4.69) is 17.1 Å². The van der Waals surface area contributed by atoms with E-state index >= 15 is 0 Å². The Morgan fingerprint density at radius 2 is 1.82 bits per heavy atom. The largest absolute Gasteiger partial charge is 0.494 e. The Balaban J connectivity index is 1.87. The van der Waals surface area contributed by atoms with Gasteiger partial charge in [-0.15, -0.1) is 0 Å². The third-order valence-corrected chi connectivity index (χ3v) is 3.92. The minimum Gasteiger partial charge on any atom is -0.494 e. The summed E-state index contributed by atoms with van der Waals surface area (Å²) < 4.78 is 5.79. The molecular formula is C18H27N3O. The maximum atomic E-state index is 5.79. The van der Waals surface area contributed by atoms with Crippen molar-refractivity contribution in [3.05, 3.63) is 35.5 Å². The average molecular weight is 301 g/mol. The van der Waals surface area contributed by atoms with Gasteiger partial charge in [0.1, 0.15) is 5.75 Å². The van der Waals surface area contributed by atoms with Gasteiger partial charge < -0.3 is 10.5 Å². The molecule has 1 aromatic carbocycles. The Hall–Kier alpha value is -1.81. The van der Waals surface area contributed by atoms with Crippen molar-refractivity contribution >= 4 is 0 Å². The van der Waals surface area contributed by atoms with Crippen LogP contribution in [0.15, 0.2) is 24.3 Å². The number of rotatable bonds is 9. The molecule has 0 saturated heterocycles. The zero-order valence-electron chi connectivity index (χ0n) is 13.7. The fourth-order valence-corrected chi connectivity index (χ4v) is 2.55. The van der Waals surface area contributed by atoms with Crippen LogP contribution in [-0.4, -0.2) is 16.8 Å². The molecule has 0 atom stereocenters. The summed E-state index contributed by atoms with van der Waals surface area (Å²) in [7, 11) is 0. The van der Waals surface area contributed by atoms with Crippen LogP contribution in [-0.2, 0) is 6.54 Å². The Labute approximate surface area is 133 Å². The highest BCUT2D eigenvalue weighted by atomic mass is 16.5. The molecule has 0 unspecified atom stereocenters. The molecule has 4 nitrogen and oxygen atoms in total. The minimum absolute atomic E-state index is 0.494. The van der Waals surface area contributed by atoms with Gasteiger partial charge >= 0.3 is 0 Å². The summed E-state index contributed by atoms with van der Waals surface area (Å²) in [5, 5.41) is 7.34. The molecule has 1 aromatic heterocycles. The third kappa shape index (κ3) is 4.34. The number of hydrogen-bond donors (Lipinski definition) is 2. The summed E-state index contributed by atoms with van der Waals surface area (Å²) in [6, 6.07) is 8.10. The van der Waals surface area contributed by atoms with Crippen molar-refractivity contribution < 1.29 is 4.74 Å². The second-order valence-electron chi connectivity index (χ2n) is 5.67. The van der Waals surface area contributed by atoms with Gasteiger partial charge in [0.15, 0.2) is 0 Å². The zero-order chi connectivity index (χ0) is 15.8. The van der Waals surface area contributed by atoms with Gasteiger partial charge in [-0.25, -0.2) is 0 Å². The topological polar surface area (TPSA) is 63.9 Å². The smallest absolute Gasteiger partial charge is 0.119 e. The Morgan fingerprint density at radius 3 is 2.50 bits per heavy atom. The predicted octanol–water partition coefficient (Wildman–Crippen LogP) is 4.19.